The Kier molecular flexibility index (Phi) is 7.32. The minimum atomic E-state index is 0.0615. The maximum atomic E-state index is 12.0. The van der Waals surface area contributed by atoms with Crippen LogP contribution in [0, 0.1) is 17.8 Å². The van der Waals surface area contributed by atoms with Gasteiger partial charge in [0.2, 0.25) is 0 Å². The summed E-state index contributed by atoms with van der Waals surface area (Å²) >= 11 is 0. The molecule has 2 heteroatoms. The third kappa shape index (κ3) is 5.48. The largest absolute Gasteiger partial charge is 0.465 e. The third-order valence-corrected chi connectivity index (χ3v) is 5.07. The summed E-state index contributed by atoms with van der Waals surface area (Å²) in [7, 11) is 0. The van der Waals surface area contributed by atoms with Crippen LogP contribution in [0.1, 0.15) is 77.6 Å². The minimum absolute atomic E-state index is 0.0615. The van der Waals surface area contributed by atoms with Gasteiger partial charge in [0.15, 0.2) is 0 Å². The Morgan fingerprint density at radius 2 is 1.62 bits per heavy atom. The maximum absolute atomic E-state index is 12.0. The lowest BCUT2D eigenvalue weighted by atomic mass is 9.94. The average molecular weight is 292 g/mol. The summed E-state index contributed by atoms with van der Waals surface area (Å²) in [5.74, 6) is 1.36. The number of unbranched alkanes of at least 4 members (excludes halogenated alkanes) is 8. The van der Waals surface area contributed by atoms with E-state index in [4.69, 9.17) is 4.74 Å². The number of hydrogen-bond donors (Lipinski definition) is 0. The first-order valence-corrected chi connectivity index (χ1v) is 9.16. The predicted octanol–water partition coefficient (Wildman–Crippen LogP) is 5.27. The van der Waals surface area contributed by atoms with Gasteiger partial charge in [-0.15, -0.1) is 0 Å². The van der Waals surface area contributed by atoms with Crippen molar-refractivity contribution in [1.29, 1.82) is 0 Å². The first-order chi connectivity index (χ1) is 10.3. The van der Waals surface area contributed by atoms with Crippen LogP contribution in [0.3, 0.4) is 0 Å². The lowest BCUT2D eigenvalue weighted by molar-refractivity contribution is -0.149. The molecule has 1 saturated carbocycles. The van der Waals surface area contributed by atoms with Gasteiger partial charge >= 0.3 is 5.97 Å². The second kappa shape index (κ2) is 9.27. The van der Waals surface area contributed by atoms with E-state index >= 15 is 0 Å². The van der Waals surface area contributed by atoms with E-state index in [1.165, 1.54) is 57.8 Å². The number of fused-ring (bicyclic) bond motifs is 2. The maximum Gasteiger partial charge on any atom is 0.309 e. The van der Waals surface area contributed by atoms with Crippen LogP contribution in [-0.4, -0.2) is 12.6 Å². The topological polar surface area (TPSA) is 26.3 Å². The van der Waals surface area contributed by atoms with E-state index in [0.717, 1.165) is 12.8 Å². The number of hydrogen-bond acceptors (Lipinski definition) is 2. The number of rotatable bonds is 11. The Hall–Kier alpha value is -0.790. The van der Waals surface area contributed by atoms with Crippen molar-refractivity contribution in [2.45, 2.75) is 77.6 Å². The van der Waals surface area contributed by atoms with Crippen LogP contribution >= 0.6 is 0 Å². The highest BCUT2D eigenvalue weighted by atomic mass is 16.5. The molecule has 0 spiro atoms. The summed E-state index contributed by atoms with van der Waals surface area (Å²) in [6.07, 6.45) is 18.4. The van der Waals surface area contributed by atoms with Gasteiger partial charge < -0.3 is 4.74 Å². The van der Waals surface area contributed by atoms with E-state index < -0.39 is 0 Å². The van der Waals surface area contributed by atoms with Crippen molar-refractivity contribution in [2.75, 3.05) is 6.61 Å². The lowest BCUT2D eigenvalue weighted by Gasteiger charge is -2.16. The predicted molar refractivity (Wildman–Crippen MR) is 87.0 cm³/mol. The normalized spacial score (nSPS) is 26.4. The monoisotopic (exact) mass is 292 g/mol. The Morgan fingerprint density at radius 3 is 2.19 bits per heavy atom. The fourth-order valence-corrected chi connectivity index (χ4v) is 3.74. The lowest BCUT2D eigenvalue weighted by Crippen LogP contribution is -2.21. The Balaban J connectivity index is 1.40. The molecule has 0 heterocycles. The third-order valence-electron chi connectivity index (χ3n) is 5.07. The summed E-state index contributed by atoms with van der Waals surface area (Å²) in [4.78, 5) is 12.0. The Bertz CT molecular complexity index is 334. The molecule has 3 unspecified atom stereocenters. The molecule has 0 aromatic carbocycles. The van der Waals surface area contributed by atoms with E-state index in [1.54, 1.807) is 0 Å². The highest BCUT2D eigenvalue weighted by Crippen LogP contribution is 2.43. The van der Waals surface area contributed by atoms with Crippen LogP contribution in [0.5, 0.6) is 0 Å². The van der Waals surface area contributed by atoms with Gasteiger partial charge in [0.1, 0.15) is 0 Å². The van der Waals surface area contributed by atoms with Crippen LogP contribution < -0.4 is 0 Å². The van der Waals surface area contributed by atoms with Gasteiger partial charge in [-0.25, -0.2) is 0 Å². The first-order valence-electron chi connectivity index (χ1n) is 9.16. The molecule has 2 aliphatic rings. The molecule has 1 fully saturated rings. The van der Waals surface area contributed by atoms with Gasteiger partial charge in [0.25, 0.3) is 0 Å². The standard InChI is InChI=1S/C19H32O2/c1-2-3-4-5-6-7-8-9-10-13-21-19(20)18-15-16-11-12-17(18)14-16/h11-12,16-18H,2-10,13-15H2,1H3. The van der Waals surface area contributed by atoms with E-state index in [0.29, 0.717) is 18.4 Å². The minimum Gasteiger partial charge on any atom is -0.465 e. The van der Waals surface area contributed by atoms with E-state index in [9.17, 15) is 4.79 Å². The zero-order valence-electron chi connectivity index (χ0n) is 13.7. The Morgan fingerprint density at radius 1 is 0.952 bits per heavy atom. The van der Waals surface area contributed by atoms with Crippen molar-refractivity contribution in [2.24, 2.45) is 17.8 Å². The van der Waals surface area contributed by atoms with Crippen molar-refractivity contribution >= 4 is 5.97 Å². The fourth-order valence-electron chi connectivity index (χ4n) is 3.74. The van der Waals surface area contributed by atoms with Crippen molar-refractivity contribution in [1.82, 2.24) is 0 Å². The molecule has 2 aliphatic carbocycles. The van der Waals surface area contributed by atoms with E-state index in [2.05, 4.69) is 19.1 Å². The summed E-state index contributed by atoms with van der Waals surface area (Å²) in [6.45, 7) is 2.89. The highest BCUT2D eigenvalue weighted by molar-refractivity contribution is 5.74. The number of esters is 1. The van der Waals surface area contributed by atoms with Crippen LogP contribution in [0.2, 0.25) is 0 Å². The van der Waals surface area contributed by atoms with Gasteiger partial charge in [-0.2, -0.15) is 0 Å². The Labute approximate surface area is 130 Å². The van der Waals surface area contributed by atoms with Crippen molar-refractivity contribution < 1.29 is 9.53 Å². The molecule has 0 N–H and O–H groups in total. The number of ether oxygens (including phenoxy) is 1. The summed E-state index contributed by atoms with van der Waals surface area (Å²) in [6, 6.07) is 0. The van der Waals surface area contributed by atoms with Crippen molar-refractivity contribution in [3.05, 3.63) is 12.2 Å². The molecule has 0 aromatic rings. The molecule has 2 rings (SSSR count). The summed E-state index contributed by atoms with van der Waals surface area (Å²) in [5, 5.41) is 0. The smallest absolute Gasteiger partial charge is 0.309 e. The zero-order chi connectivity index (χ0) is 14.9. The molecule has 0 amide bonds. The number of carbonyl (C=O) groups excluding carboxylic acids is 1. The van der Waals surface area contributed by atoms with Crippen molar-refractivity contribution in [3.8, 4) is 0 Å². The van der Waals surface area contributed by atoms with Gasteiger partial charge in [-0.3, -0.25) is 4.79 Å². The average Bonchev–Trinajstić information content (AvgIpc) is 3.12. The molecule has 0 radical (unpaired) electrons. The summed E-state index contributed by atoms with van der Waals surface area (Å²) in [5.41, 5.74) is 0. The van der Waals surface area contributed by atoms with Crippen LogP contribution in [0.4, 0.5) is 0 Å². The quantitative estimate of drug-likeness (QED) is 0.294. The molecule has 2 nitrogen and oxygen atoms in total. The van der Waals surface area contributed by atoms with E-state index in [1.807, 2.05) is 0 Å². The van der Waals surface area contributed by atoms with Gasteiger partial charge in [-0.1, -0.05) is 70.4 Å². The second-order valence-electron chi connectivity index (χ2n) is 6.88. The molecule has 0 aliphatic heterocycles. The van der Waals surface area contributed by atoms with Crippen LogP contribution in [-0.2, 0) is 9.53 Å². The molecule has 3 atom stereocenters. The zero-order valence-corrected chi connectivity index (χ0v) is 13.7. The highest BCUT2D eigenvalue weighted by Gasteiger charge is 2.40. The molecular formula is C19H32O2. The van der Waals surface area contributed by atoms with Gasteiger partial charge in [0, 0.05) is 0 Å². The van der Waals surface area contributed by atoms with Crippen molar-refractivity contribution in [3.63, 3.8) is 0 Å². The van der Waals surface area contributed by atoms with Gasteiger partial charge in [0.05, 0.1) is 12.5 Å². The molecule has 0 saturated heterocycles. The molecule has 0 aromatic heterocycles. The summed E-state index contributed by atoms with van der Waals surface area (Å²) < 4.78 is 5.47. The second-order valence-corrected chi connectivity index (χ2v) is 6.88. The first kappa shape index (κ1) is 16.6. The van der Waals surface area contributed by atoms with Crippen LogP contribution in [0.15, 0.2) is 12.2 Å². The SMILES string of the molecule is CCCCCCCCCCCOC(=O)C1CC2C=CC1C2. The fraction of sp³-hybridized carbons (Fsp3) is 0.842. The van der Waals surface area contributed by atoms with E-state index in [-0.39, 0.29) is 11.9 Å². The molecule has 2 bridgehead atoms. The molecule has 120 valence electrons. The van der Waals surface area contributed by atoms with Crippen LogP contribution in [0.25, 0.3) is 0 Å². The van der Waals surface area contributed by atoms with Gasteiger partial charge in [-0.05, 0) is 31.1 Å². The number of carbonyl (C=O) groups is 1. The molecular weight excluding hydrogens is 260 g/mol. The molecule has 21 heavy (non-hydrogen) atoms. The number of allylic oxidation sites excluding steroid dienone is 2.